The third-order valence-electron chi connectivity index (χ3n) is 3.90. The molecule has 0 fully saturated rings. The molecular formula is C21H17IN2O2. The number of nitrogens with one attached hydrogen (secondary N) is 2. The van der Waals surface area contributed by atoms with E-state index in [2.05, 4.69) is 33.2 Å². The molecule has 0 heterocycles. The third-order valence-corrected chi connectivity index (χ3v) is 5.33. The number of carbonyl (C=O) groups is 2. The second-order valence-electron chi connectivity index (χ2n) is 5.76. The molecule has 130 valence electrons. The summed E-state index contributed by atoms with van der Waals surface area (Å²) < 4.78 is 0.911. The van der Waals surface area contributed by atoms with Gasteiger partial charge in [-0.1, -0.05) is 42.5 Å². The minimum absolute atomic E-state index is 0.209. The molecule has 0 aromatic heterocycles. The summed E-state index contributed by atoms with van der Waals surface area (Å²) in [5.74, 6) is -0.433. The van der Waals surface area contributed by atoms with E-state index in [9.17, 15) is 9.59 Å². The van der Waals surface area contributed by atoms with E-state index in [1.54, 1.807) is 30.3 Å². The van der Waals surface area contributed by atoms with E-state index in [0.29, 0.717) is 22.5 Å². The van der Waals surface area contributed by atoms with Gasteiger partial charge in [-0.15, -0.1) is 0 Å². The van der Waals surface area contributed by atoms with Crippen LogP contribution in [-0.4, -0.2) is 11.8 Å². The highest BCUT2D eigenvalue weighted by Crippen LogP contribution is 2.24. The van der Waals surface area contributed by atoms with Crippen LogP contribution in [0, 0.1) is 10.5 Å². The number of rotatable bonds is 4. The number of benzene rings is 3. The molecule has 4 nitrogen and oxygen atoms in total. The van der Waals surface area contributed by atoms with Crippen molar-refractivity contribution in [3.8, 4) is 0 Å². The Morgan fingerprint density at radius 2 is 1.31 bits per heavy atom. The van der Waals surface area contributed by atoms with Gasteiger partial charge in [0.25, 0.3) is 11.8 Å². The molecule has 0 bridgehead atoms. The lowest BCUT2D eigenvalue weighted by Crippen LogP contribution is -2.17. The summed E-state index contributed by atoms with van der Waals surface area (Å²) in [6.45, 7) is 1.96. The first kappa shape index (κ1) is 18.1. The average molecular weight is 456 g/mol. The van der Waals surface area contributed by atoms with Crippen molar-refractivity contribution in [1.82, 2.24) is 0 Å². The van der Waals surface area contributed by atoms with E-state index >= 15 is 0 Å². The zero-order chi connectivity index (χ0) is 18.5. The van der Waals surface area contributed by atoms with Gasteiger partial charge < -0.3 is 10.6 Å². The Labute approximate surface area is 165 Å². The number of halogens is 1. The molecule has 0 aliphatic rings. The van der Waals surface area contributed by atoms with Crippen LogP contribution >= 0.6 is 22.6 Å². The Hall–Kier alpha value is -2.67. The molecule has 3 rings (SSSR count). The SMILES string of the molecule is Cc1cccc(C(=O)Nc2ccccc2NC(=O)c2ccccc2)c1I. The van der Waals surface area contributed by atoms with Crippen molar-refractivity contribution < 1.29 is 9.59 Å². The van der Waals surface area contributed by atoms with Gasteiger partial charge in [0.1, 0.15) is 0 Å². The lowest BCUT2D eigenvalue weighted by Gasteiger charge is -2.13. The maximum absolute atomic E-state index is 12.7. The summed E-state index contributed by atoms with van der Waals surface area (Å²) in [6.07, 6.45) is 0. The number of amides is 2. The van der Waals surface area contributed by atoms with Crippen molar-refractivity contribution >= 4 is 45.8 Å². The molecular weight excluding hydrogens is 439 g/mol. The lowest BCUT2D eigenvalue weighted by atomic mass is 10.1. The summed E-state index contributed by atoms with van der Waals surface area (Å²) in [5, 5.41) is 5.75. The monoisotopic (exact) mass is 456 g/mol. The third kappa shape index (κ3) is 4.11. The molecule has 26 heavy (non-hydrogen) atoms. The maximum Gasteiger partial charge on any atom is 0.256 e. The molecule has 2 amide bonds. The van der Waals surface area contributed by atoms with Crippen molar-refractivity contribution in [3.05, 3.63) is 93.1 Å². The van der Waals surface area contributed by atoms with Crippen LogP contribution in [0.25, 0.3) is 0 Å². The first-order valence-electron chi connectivity index (χ1n) is 8.08. The van der Waals surface area contributed by atoms with Crippen molar-refractivity contribution in [1.29, 1.82) is 0 Å². The topological polar surface area (TPSA) is 58.2 Å². The first-order chi connectivity index (χ1) is 12.6. The van der Waals surface area contributed by atoms with Gasteiger partial charge in [-0.2, -0.15) is 0 Å². The molecule has 0 unspecified atom stereocenters. The van der Waals surface area contributed by atoms with Crippen LogP contribution in [0.5, 0.6) is 0 Å². The fourth-order valence-corrected chi connectivity index (χ4v) is 3.10. The highest BCUT2D eigenvalue weighted by atomic mass is 127. The largest absolute Gasteiger partial charge is 0.320 e. The standard InChI is InChI=1S/C21H17IN2O2/c1-14-8-7-11-16(19(14)22)21(26)24-18-13-6-5-12-17(18)23-20(25)15-9-3-2-4-10-15/h2-13H,1H3,(H,23,25)(H,24,26). The minimum Gasteiger partial charge on any atom is -0.320 e. The fourth-order valence-electron chi connectivity index (χ4n) is 2.50. The molecule has 0 aliphatic heterocycles. The Kier molecular flexibility index (Phi) is 5.68. The van der Waals surface area contributed by atoms with Crippen LogP contribution in [0.1, 0.15) is 26.3 Å². The van der Waals surface area contributed by atoms with Crippen LogP contribution in [0.4, 0.5) is 11.4 Å². The first-order valence-corrected chi connectivity index (χ1v) is 9.16. The van der Waals surface area contributed by atoms with Gasteiger partial charge in [0.15, 0.2) is 0 Å². The zero-order valence-corrected chi connectivity index (χ0v) is 16.3. The molecule has 2 N–H and O–H groups in total. The molecule has 5 heteroatoms. The Morgan fingerprint density at radius 3 is 1.96 bits per heavy atom. The van der Waals surface area contributed by atoms with Crippen molar-refractivity contribution in [2.45, 2.75) is 6.92 Å². The molecule has 0 spiro atoms. The molecule has 0 saturated heterocycles. The quantitative estimate of drug-likeness (QED) is 0.537. The fraction of sp³-hybridized carbons (Fsp3) is 0.0476. The predicted octanol–water partition coefficient (Wildman–Crippen LogP) is 5.10. The van der Waals surface area contributed by atoms with Gasteiger partial charge in [0.2, 0.25) is 0 Å². The Bertz CT molecular complexity index is 955. The van der Waals surface area contributed by atoms with Crippen LogP contribution in [-0.2, 0) is 0 Å². The Morgan fingerprint density at radius 1 is 0.731 bits per heavy atom. The van der Waals surface area contributed by atoms with Gasteiger partial charge in [-0.3, -0.25) is 9.59 Å². The normalized spacial score (nSPS) is 10.2. The summed E-state index contributed by atoms with van der Waals surface area (Å²) in [4.78, 5) is 25.1. The summed E-state index contributed by atoms with van der Waals surface area (Å²) in [7, 11) is 0. The molecule has 3 aromatic carbocycles. The number of aryl methyl sites for hydroxylation is 1. The highest BCUT2D eigenvalue weighted by molar-refractivity contribution is 14.1. The van der Waals surface area contributed by atoms with E-state index in [4.69, 9.17) is 0 Å². The average Bonchev–Trinajstić information content (AvgIpc) is 2.66. The van der Waals surface area contributed by atoms with Gasteiger partial charge in [-0.25, -0.2) is 0 Å². The lowest BCUT2D eigenvalue weighted by molar-refractivity contribution is 0.101. The van der Waals surface area contributed by atoms with Crippen LogP contribution in [0.2, 0.25) is 0 Å². The van der Waals surface area contributed by atoms with Crippen molar-refractivity contribution in [2.24, 2.45) is 0 Å². The summed E-state index contributed by atoms with van der Waals surface area (Å²) in [6, 6.07) is 21.7. The number of hydrogen-bond donors (Lipinski definition) is 2. The summed E-state index contributed by atoms with van der Waals surface area (Å²) >= 11 is 2.17. The number of para-hydroxylation sites is 2. The van der Waals surface area contributed by atoms with Gasteiger partial charge in [0, 0.05) is 9.13 Å². The molecule has 0 radical (unpaired) electrons. The van der Waals surface area contributed by atoms with E-state index in [0.717, 1.165) is 9.13 Å². The van der Waals surface area contributed by atoms with Crippen molar-refractivity contribution in [3.63, 3.8) is 0 Å². The van der Waals surface area contributed by atoms with Crippen molar-refractivity contribution in [2.75, 3.05) is 10.6 Å². The van der Waals surface area contributed by atoms with Gasteiger partial charge in [0.05, 0.1) is 16.9 Å². The van der Waals surface area contributed by atoms with E-state index in [1.165, 1.54) is 0 Å². The van der Waals surface area contributed by atoms with Gasteiger partial charge >= 0.3 is 0 Å². The smallest absolute Gasteiger partial charge is 0.256 e. The zero-order valence-electron chi connectivity index (χ0n) is 14.1. The Balaban J connectivity index is 1.82. The molecule has 0 atom stereocenters. The number of carbonyl (C=O) groups excluding carboxylic acids is 2. The highest BCUT2D eigenvalue weighted by Gasteiger charge is 2.14. The second kappa shape index (κ2) is 8.14. The van der Waals surface area contributed by atoms with Crippen LogP contribution in [0.15, 0.2) is 72.8 Å². The minimum atomic E-state index is -0.225. The van der Waals surface area contributed by atoms with Crippen LogP contribution < -0.4 is 10.6 Å². The maximum atomic E-state index is 12.7. The van der Waals surface area contributed by atoms with E-state index in [-0.39, 0.29) is 11.8 Å². The molecule has 0 saturated carbocycles. The molecule has 0 aliphatic carbocycles. The summed E-state index contributed by atoms with van der Waals surface area (Å²) in [5.41, 5.74) is 3.32. The molecule has 3 aromatic rings. The van der Waals surface area contributed by atoms with E-state index < -0.39 is 0 Å². The van der Waals surface area contributed by atoms with Crippen LogP contribution in [0.3, 0.4) is 0 Å². The second-order valence-corrected chi connectivity index (χ2v) is 6.84. The number of anilines is 2. The van der Waals surface area contributed by atoms with E-state index in [1.807, 2.05) is 49.4 Å². The number of hydrogen-bond acceptors (Lipinski definition) is 2. The predicted molar refractivity (Wildman–Crippen MR) is 113 cm³/mol. The van der Waals surface area contributed by atoms with Gasteiger partial charge in [-0.05, 0) is 65.4 Å².